The predicted molar refractivity (Wildman–Crippen MR) is 236 cm³/mol. The highest BCUT2D eigenvalue weighted by atomic mass is 16.5. The number of amides is 3. The number of cyclic esters (lactones) is 1. The second-order valence-electron chi connectivity index (χ2n) is 18.0. The van der Waals surface area contributed by atoms with Crippen LogP contribution in [-0.4, -0.2) is 99.2 Å². The number of benzene rings is 2. The number of aromatic hydroxyl groups is 1. The van der Waals surface area contributed by atoms with Crippen molar-refractivity contribution >= 4 is 34.6 Å². The lowest BCUT2D eigenvalue weighted by molar-refractivity contribution is -0.155. The third kappa shape index (κ3) is 9.38. The van der Waals surface area contributed by atoms with Gasteiger partial charge in [0.15, 0.2) is 0 Å². The summed E-state index contributed by atoms with van der Waals surface area (Å²) in [4.78, 5) is 61.0. The number of pyridine rings is 1. The first-order valence-electron chi connectivity index (χ1n) is 21.8. The summed E-state index contributed by atoms with van der Waals surface area (Å²) >= 11 is 0. The molecule has 3 atom stereocenters. The number of carbonyl (C=O) groups is 4. The molecule has 0 unspecified atom stereocenters. The van der Waals surface area contributed by atoms with Gasteiger partial charge in [0.25, 0.3) is 5.91 Å². The summed E-state index contributed by atoms with van der Waals surface area (Å²) < 4.78 is 8.43. The number of rotatable bonds is 10. The van der Waals surface area contributed by atoms with Crippen LogP contribution in [0.4, 0.5) is 0 Å². The maximum atomic E-state index is 14.6. The molecule has 7 rings (SSSR count). The molecule has 0 radical (unpaired) electrons. The number of ether oxygens (including phenoxy) is 1. The number of phenols is 1. The second kappa shape index (κ2) is 18.2. The quantitative estimate of drug-likeness (QED) is 0.119. The Hall–Kier alpha value is -5.53. The summed E-state index contributed by atoms with van der Waals surface area (Å²) in [6.45, 7) is 18.6. The summed E-state index contributed by atoms with van der Waals surface area (Å²) in [5, 5.41) is 20.3. The number of carbonyl (C=O) groups excluding carboxylic acids is 4. The molecule has 3 aliphatic rings. The van der Waals surface area contributed by atoms with Crippen LogP contribution in [0.1, 0.15) is 71.2 Å². The lowest BCUT2D eigenvalue weighted by atomic mass is 9.84. The van der Waals surface area contributed by atoms with E-state index in [9.17, 15) is 24.3 Å². The van der Waals surface area contributed by atoms with E-state index in [1.165, 1.54) is 11.1 Å². The summed E-state index contributed by atoms with van der Waals surface area (Å²) in [7, 11) is 0. The van der Waals surface area contributed by atoms with E-state index in [-0.39, 0.29) is 48.5 Å². The van der Waals surface area contributed by atoms with E-state index in [0.717, 1.165) is 57.5 Å². The fraction of sp³-hybridized carbons (Fsp3) is 0.479. The second-order valence-corrected chi connectivity index (χ2v) is 18.0. The number of likely N-dealkylation sites (tertiary alicyclic amines) is 1. The highest BCUT2D eigenvalue weighted by Gasteiger charge is 2.37. The fourth-order valence-corrected chi connectivity index (χ4v) is 9.07. The van der Waals surface area contributed by atoms with E-state index >= 15 is 0 Å². The molecule has 0 aliphatic carbocycles. The molecule has 324 valence electrons. The first-order chi connectivity index (χ1) is 29.2. The van der Waals surface area contributed by atoms with Gasteiger partial charge in [-0.2, -0.15) is 0 Å². The average molecular weight is 832 g/mol. The average Bonchev–Trinajstić information content (AvgIpc) is 3.53. The van der Waals surface area contributed by atoms with Crippen LogP contribution in [0, 0.1) is 17.3 Å². The fourth-order valence-electron chi connectivity index (χ4n) is 9.07. The zero-order chi connectivity index (χ0) is 43.6. The monoisotopic (exact) mass is 831 g/mol. The van der Waals surface area contributed by atoms with E-state index in [2.05, 4.69) is 79.2 Å². The number of fused-ring (bicyclic) bond motifs is 6. The van der Waals surface area contributed by atoms with Gasteiger partial charge in [-0.25, -0.2) is 5.43 Å². The van der Waals surface area contributed by atoms with Crippen LogP contribution in [0.15, 0.2) is 67.4 Å². The summed E-state index contributed by atoms with van der Waals surface area (Å²) in [6, 6.07) is 14.1. The first-order valence-corrected chi connectivity index (χ1v) is 21.8. The molecule has 2 fully saturated rings. The van der Waals surface area contributed by atoms with E-state index in [4.69, 9.17) is 9.72 Å². The van der Waals surface area contributed by atoms with Gasteiger partial charge in [0.1, 0.15) is 17.8 Å². The maximum Gasteiger partial charge on any atom is 0.324 e. The molecular formula is C48H61N7O6. The van der Waals surface area contributed by atoms with Gasteiger partial charge >= 0.3 is 5.97 Å². The highest BCUT2D eigenvalue weighted by Crippen LogP contribution is 2.41. The minimum Gasteiger partial charge on any atom is -0.508 e. The number of aromatic nitrogens is 2. The van der Waals surface area contributed by atoms with Crippen molar-refractivity contribution in [3.63, 3.8) is 0 Å². The Labute approximate surface area is 358 Å². The molecule has 2 aromatic heterocycles. The number of esters is 1. The Morgan fingerprint density at radius 2 is 1.89 bits per heavy atom. The van der Waals surface area contributed by atoms with Gasteiger partial charge in [0.2, 0.25) is 11.8 Å². The van der Waals surface area contributed by atoms with Crippen molar-refractivity contribution in [1.29, 1.82) is 0 Å². The lowest BCUT2D eigenvalue weighted by Crippen LogP contribution is -2.62. The molecule has 6 bridgehead atoms. The van der Waals surface area contributed by atoms with Crippen LogP contribution in [0.5, 0.6) is 5.75 Å². The van der Waals surface area contributed by atoms with E-state index < -0.39 is 29.4 Å². The lowest BCUT2D eigenvalue weighted by Gasteiger charge is -2.40. The van der Waals surface area contributed by atoms with Gasteiger partial charge in [0, 0.05) is 79.0 Å². The smallest absolute Gasteiger partial charge is 0.324 e. The molecule has 2 aromatic carbocycles. The molecule has 0 spiro atoms. The maximum absolute atomic E-state index is 14.6. The van der Waals surface area contributed by atoms with Crippen LogP contribution in [0.3, 0.4) is 0 Å². The van der Waals surface area contributed by atoms with Crippen molar-refractivity contribution in [2.75, 3.05) is 32.8 Å². The Balaban J connectivity index is 1.28. The third-order valence-electron chi connectivity index (χ3n) is 12.5. The number of hydrogen-bond donors (Lipinski definition) is 4. The predicted octanol–water partition coefficient (Wildman–Crippen LogP) is 5.57. The zero-order valence-corrected chi connectivity index (χ0v) is 36.4. The van der Waals surface area contributed by atoms with Crippen molar-refractivity contribution < 1.29 is 29.0 Å². The summed E-state index contributed by atoms with van der Waals surface area (Å²) in [6.07, 6.45) is 5.66. The van der Waals surface area contributed by atoms with Gasteiger partial charge in [0.05, 0.1) is 18.2 Å². The third-order valence-corrected chi connectivity index (χ3v) is 12.5. The Bertz CT molecular complexity index is 2310. The van der Waals surface area contributed by atoms with Crippen LogP contribution in [0.25, 0.3) is 33.3 Å². The van der Waals surface area contributed by atoms with Gasteiger partial charge in [-0.3, -0.25) is 29.2 Å². The molecule has 13 heteroatoms. The van der Waals surface area contributed by atoms with Crippen LogP contribution in [0.2, 0.25) is 0 Å². The zero-order valence-electron chi connectivity index (χ0n) is 36.4. The van der Waals surface area contributed by atoms with Gasteiger partial charge in [-0.1, -0.05) is 53.3 Å². The topological polar surface area (TPSA) is 158 Å². The standard InChI is InChI=1S/C48H61N7O6/c1-8-39-35(13-11-17-49-39)44-37-24-48(6,7)28-61-47(60)40-14-12-18-55(52-40)46(59)41(51-45(58)38(29(4)5)25-50-33-26-53(27-33)43(57)9-2)21-30-19-32(22-34(56)20-30)31-15-16-42(36(37)23-31)54(44)10-3/h9,11,13,15-17,19-20,22-23,29,33,38,40-41,50,52,56H,2,8,10,12,14,18,21,24-28H2,1,3-7H3,(H,51,58)/t38-,40-,41-/m0/s1. The Morgan fingerprint density at radius 3 is 2.61 bits per heavy atom. The minimum absolute atomic E-state index is 0.0447. The van der Waals surface area contributed by atoms with Crippen molar-refractivity contribution in [1.82, 2.24) is 35.5 Å². The summed E-state index contributed by atoms with van der Waals surface area (Å²) in [5.41, 5.74) is 10.4. The highest BCUT2D eigenvalue weighted by molar-refractivity contribution is 5.95. The molecule has 5 heterocycles. The van der Waals surface area contributed by atoms with Crippen molar-refractivity contribution in [2.24, 2.45) is 17.3 Å². The summed E-state index contributed by atoms with van der Waals surface area (Å²) in [5.74, 6) is -1.72. The number of aryl methyl sites for hydroxylation is 2. The minimum atomic E-state index is -1.02. The van der Waals surface area contributed by atoms with E-state index in [0.29, 0.717) is 51.0 Å². The number of phenolic OH excluding ortho intramolecular Hbond substituents is 1. The molecule has 4 aromatic rings. The van der Waals surface area contributed by atoms with Crippen molar-refractivity contribution in [2.45, 2.75) is 98.3 Å². The van der Waals surface area contributed by atoms with Crippen LogP contribution < -0.4 is 16.1 Å². The molecule has 13 nitrogen and oxygen atoms in total. The number of hydrazine groups is 1. The van der Waals surface area contributed by atoms with Crippen molar-refractivity contribution in [3.8, 4) is 28.1 Å². The first kappa shape index (κ1) is 43.6. The molecule has 3 amide bonds. The van der Waals surface area contributed by atoms with Gasteiger partial charge < -0.3 is 29.9 Å². The Kier molecular flexibility index (Phi) is 13.0. The molecule has 4 N–H and O–H groups in total. The molecule has 61 heavy (non-hydrogen) atoms. The van der Waals surface area contributed by atoms with Crippen molar-refractivity contribution in [3.05, 3.63) is 84.2 Å². The largest absolute Gasteiger partial charge is 0.508 e. The number of nitrogens with zero attached hydrogens (tertiary/aromatic N) is 4. The normalized spacial score (nSPS) is 20.2. The molecule has 3 aliphatic heterocycles. The van der Waals surface area contributed by atoms with Crippen LogP contribution >= 0.6 is 0 Å². The van der Waals surface area contributed by atoms with Gasteiger partial charge in [-0.05, 0) is 103 Å². The Morgan fingerprint density at radius 1 is 1.10 bits per heavy atom. The van der Waals surface area contributed by atoms with Crippen LogP contribution in [-0.2, 0) is 49.7 Å². The van der Waals surface area contributed by atoms with Gasteiger partial charge in [-0.15, -0.1) is 0 Å². The molecule has 2 saturated heterocycles. The van der Waals surface area contributed by atoms with E-state index in [1.807, 2.05) is 32.2 Å². The van der Waals surface area contributed by atoms with E-state index in [1.54, 1.807) is 17.0 Å². The number of nitrogens with one attached hydrogen (secondary N) is 3. The number of hydrogen-bond acceptors (Lipinski definition) is 9. The molecule has 0 saturated carbocycles. The SMILES string of the molecule is C=CC(=O)N1CC(NC[C@H](C(=O)N[C@H]2Cc3cc(O)cc(c3)-c3ccc4c(c3)c(c(-c3cccnc3CC)n4CC)CC(C)(C)COC(=O)[C@@H]3CCCN(N3)C2=O)C(C)C)C1. The molecular weight excluding hydrogens is 771 g/mol.